The van der Waals surface area contributed by atoms with E-state index in [0.717, 1.165) is 11.5 Å². The number of halogens is 2. The Labute approximate surface area is 116 Å². The predicted molar refractivity (Wildman–Crippen MR) is 76.2 cm³/mol. The summed E-state index contributed by atoms with van der Waals surface area (Å²) in [5.74, 6) is 0.932. The van der Waals surface area contributed by atoms with Gasteiger partial charge in [-0.25, -0.2) is 4.98 Å². The molecule has 0 amide bonds. The lowest BCUT2D eigenvalue weighted by Crippen LogP contribution is -2.19. The topological polar surface area (TPSA) is 47.1 Å². The molecule has 2 N–H and O–H groups in total. The van der Waals surface area contributed by atoms with E-state index in [0.29, 0.717) is 22.3 Å². The minimum Gasteiger partial charge on any atom is -0.399 e. The van der Waals surface area contributed by atoms with Crippen LogP contribution in [0.25, 0.3) is 0 Å². The molecule has 0 radical (unpaired) electrons. The van der Waals surface area contributed by atoms with Crippen molar-refractivity contribution in [1.29, 1.82) is 0 Å². The van der Waals surface area contributed by atoms with Gasteiger partial charge in [-0.2, -0.15) is 0 Å². The molecule has 0 spiro atoms. The normalized spacial score (nSPS) is 10.7. The minimum absolute atomic E-state index is 0.539. The van der Waals surface area contributed by atoms with Crippen LogP contribution < -0.4 is 10.6 Å². The third-order valence-corrected chi connectivity index (χ3v) is 3.30. The smallest absolute Gasteiger partial charge is 0.127 e. The minimum atomic E-state index is 0.539. The van der Waals surface area contributed by atoms with Crippen LogP contribution in [-0.4, -0.2) is 16.6 Å². The Morgan fingerprint density at radius 3 is 2.44 bits per heavy atom. The quantitative estimate of drug-likeness (QED) is 0.882. The Bertz CT molecular complexity index is 542. The van der Waals surface area contributed by atoms with Crippen LogP contribution in [0.3, 0.4) is 0 Å². The predicted octanol–water partition coefficient (Wildman–Crippen LogP) is 2.95. The second-order valence-electron chi connectivity index (χ2n) is 4.14. The average Bonchev–Trinajstić information content (AvgIpc) is 2.62. The summed E-state index contributed by atoms with van der Waals surface area (Å²) in [6.45, 7) is 0.618. The van der Waals surface area contributed by atoms with Crippen molar-refractivity contribution in [2.45, 2.75) is 6.54 Å². The molecular formula is C12H14Cl2N4. The van der Waals surface area contributed by atoms with Gasteiger partial charge in [-0.1, -0.05) is 23.2 Å². The summed E-state index contributed by atoms with van der Waals surface area (Å²) in [4.78, 5) is 6.22. The van der Waals surface area contributed by atoms with Gasteiger partial charge >= 0.3 is 0 Å². The maximum atomic E-state index is 6.18. The Balaban J connectivity index is 2.29. The van der Waals surface area contributed by atoms with Crippen LogP contribution in [-0.2, 0) is 13.6 Å². The van der Waals surface area contributed by atoms with Crippen molar-refractivity contribution >= 4 is 34.6 Å². The molecule has 0 saturated heterocycles. The molecule has 0 atom stereocenters. The van der Waals surface area contributed by atoms with Crippen molar-refractivity contribution in [2.24, 2.45) is 7.05 Å². The van der Waals surface area contributed by atoms with Crippen LogP contribution in [0, 0.1) is 0 Å². The second-order valence-corrected chi connectivity index (χ2v) is 4.96. The number of anilines is 2. The molecular weight excluding hydrogens is 271 g/mol. The number of aromatic nitrogens is 2. The van der Waals surface area contributed by atoms with Crippen LogP contribution in [0.1, 0.15) is 5.82 Å². The van der Waals surface area contributed by atoms with E-state index in [9.17, 15) is 0 Å². The first-order valence-electron chi connectivity index (χ1n) is 5.41. The number of hydrogen-bond donors (Lipinski definition) is 1. The Morgan fingerprint density at radius 2 is 1.94 bits per heavy atom. The second kappa shape index (κ2) is 5.08. The van der Waals surface area contributed by atoms with Crippen molar-refractivity contribution in [2.75, 3.05) is 17.7 Å². The largest absolute Gasteiger partial charge is 0.399 e. The number of nitrogens with two attached hydrogens (primary N) is 1. The van der Waals surface area contributed by atoms with E-state index in [4.69, 9.17) is 28.9 Å². The van der Waals surface area contributed by atoms with E-state index in [1.807, 2.05) is 29.8 Å². The first-order valence-corrected chi connectivity index (χ1v) is 6.16. The van der Waals surface area contributed by atoms with Crippen molar-refractivity contribution in [3.05, 3.63) is 40.4 Å². The van der Waals surface area contributed by atoms with Crippen LogP contribution >= 0.6 is 23.2 Å². The number of rotatable bonds is 3. The molecule has 0 fully saturated rings. The zero-order valence-electron chi connectivity index (χ0n) is 10.2. The Morgan fingerprint density at radius 1 is 1.33 bits per heavy atom. The summed E-state index contributed by atoms with van der Waals surface area (Å²) in [5, 5.41) is 1.08. The number of nitrogens with zero attached hydrogens (tertiary/aromatic N) is 3. The molecule has 0 unspecified atom stereocenters. The summed E-state index contributed by atoms with van der Waals surface area (Å²) in [6, 6.07) is 3.38. The highest BCUT2D eigenvalue weighted by molar-refractivity contribution is 6.39. The van der Waals surface area contributed by atoms with Crippen LogP contribution in [0.5, 0.6) is 0 Å². The van der Waals surface area contributed by atoms with E-state index in [2.05, 4.69) is 4.98 Å². The summed E-state index contributed by atoms with van der Waals surface area (Å²) in [5.41, 5.74) is 7.00. The summed E-state index contributed by atoms with van der Waals surface area (Å²) < 4.78 is 1.95. The first-order chi connectivity index (χ1) is 8.49. The lowest BCUT2D eigenvalue weighted by atomic mass is 10.2. The highest BCUT2D eigenvalue weighted by Crippen LogP contribution is 2.35. The fourth-order valence-electron chi connectivity index (χ4n) is 1.79. The van der Waals surface area contributed by atoms with E-state index >= 15 is 0 Å². The third kappa shape index (κ3) is 2.54. The van der Waals surface area contributed by atoms with Gasteiger partial charge in [0.05, 0.1) is 22.3 Å². The maximum absolute atomic E-state index is 6.18. The van der Waals surface area contributed by atoms with Crippen LogP contribution in [0.4, 0.5) is 11.4 Å². The van der Waals surface area contributed by atoms with Crippen molar-refractivity contribution < 1.29 is 0 Å². The zero-order chi connectivity index (χ0) is 13.3. The van der Waals surface area contributed by atoms with Gasteiger partial charge in [0.1, 0.15) is 5.82 Å². The van der Waals surface area contributed by atoms with Gasteiger partial charge in [-0.3, -0.25) is 0 Å². The molecule has 0 saturated carbocycles. The maximum Gasteiger partial charge on any atom is 0.127 e. The number of hydrogen-bond acceptors (Lipinski definition) is 3. The molecule has 6 heteroatoms. The monoisotopic (exact) mass is 284 g/mol. The highest BCUT2D eigenvalue weighted by atomic mass is 35.5. The van der Waals surface area contributed by atoms with Crippen molar-refractivity contribution in [3.8, 4) is 0 Å². The summed E-state index contributed by atoms with van der Waals surface area (Å²) in [7, 11) is 3.86. The SMILES string of the molecule is CN(Cc1nccn1C)c1c(Cl)cc(N)cc1Cl. The fourth-order valence-corrected chi connectivity index (χ4v) is 2.58. The summed E-state index contributed by atoms with van der Waals surface area (Å²) >= 11 is 12.4. The van der Waals surface area contributed by atoms with Crippen LogP contribution in [0.15, 0.2) is 24.5 Å². The Hall–Kier alpha value is -1.39. The fraction of sp³-hybridized carbons (Fsp3) is 0.250. The molecule has 0 bridgehead atoms. The zero-order valence-corrected chi connectivity index (χ0v) is 11.7. The van der Waals surface area contributed by atoms with Gasteiger partial charge in [0.25, 0.3) is 0 Å². The van der Waals surface area contributed by atoms with E-state index in [1.165, 1.54) is 0 Å². The molecule has 0 aliphatic carbocycles. The van der Waals surface area contributed by atoms with Crippen LogP contribution in [0.2, 0.25) is 10.0 Å². The van der Waals surface area contributed by atoms with Gasteiger partial charge < -0.3 is 15.2 Å². The third-order valence-electron chi connectivity index (χ3n) is 2.72. The van der Waals surface area contributed by atoms with Crippen molar-refractivity contribution in [3.63, 3.8) is 0 Å². The molecule has 18 heavy (non-hydrogen) atoms. The molecule has 2 rings (SSSR count). The number of nitrogen functional groups attached to an aromatic ring is 1. The molecule has 1 aromatic heterocycles. The molecule has 1 aromatic carbocycles. The molecule has 4 nitrogen and oxygen atoms in total. The number of aryl methyl sites for hydroxylation is 1. The van der Waals surface area contributed by atoms with Gasteiger partial charge in [-0.15, -0.1) is 0 Å². The lowest BCUT2D eigenvalue weighted by molar-refractivity contribution is 0.762. The standard InChI is InChI=1S/C12H14Cl2N4/c1-17-4-3-16-11(17)7-18(2)12-9(13)5-8(15)6-10(12)14/h3-6H,7,15H2,1-2H3. The van der Waals surface area contributed by atoms with Gasteiger partial charge in [0, 0.05) is 32.2 Å². The van der Waals surface area contributed by atoms with Gasteiger partial charge in [-0.05, 0) is 12.1 Å². The number of benzene rings is 1. The van der Waals surface area contributed by atoms with E-state index < -0.39 is 0 Å². The van der Waals surface area contributed by atoms with E-state index in [-0.39, 0.29) is 0 Å². The molecule has 96 valence electrons. The molecule has 1 heterocycles. The molecule has 0 aliphatic heterocycles. The summed E-state index contributed by atoms with van der Waals surface area (Å²) in [6.07, 6.45) is 3.66. The van der Waals surface area contributed by atoms with Crippen molar-refractivity contribution in [1.82, 2.24) is 9.55 Å². The Kier molecular flexibility index (Phi) is 3.68. The molecule has 2 aromatic rings. The number of imidazole rings is 1. The van der Waals surface area contributed by atoms with Gasteiger partial charge in [0.2, 0.25) is 0 Å². The highest BCUT2D eigenvalue weighted by Gasteiger charge is 2.13. The lowest BCUT2D eigenvalue weighted by Gasteiger charge is -2.21. The first kappa shape index (κ1) is 13.1. The average molecular weight is 285 g/mol. The molecule has 0 aliphatic rings. The van der Waals surface area contributed by atoms with E-state index in [1.54, 1.807) is 18.3 Å². The van der Waals surface area contributed by atoms with Gasteiger partial charge in [0.15, 0.2) is 0 Å².